The van der Waals surface area contributed by atoms with Crippen LogP contribution in [0.4, 0.5) is 11.8 Å². The number of rotatable bonds is 6. The highest BCUT2D eigenvalue weighted by Crippen LogP contribution is 2.19. The molecule has 0 spiro atoms. The molecule has 2 N–H and O–H groups in total. The van der Waals surface area contributed by atoms with Crippen molar-refractivity contribution in [2.45, 2.75) is 19.8 Å². The highest BCUT2D eigenvalue weighted by molar-refractivity contribution is 5.93. The molecule has 150 valence electrons. The zero-order chi connectivity index (χ0) is 20.2. The van der Waals surface area contributed by atoms with E-state index in [1.165, 1.54) is 18.9 Å². The van der Waals surface area contributed by atoms with Crippen molar-refractivity contribution in [2.24, 2.45) is 0 Å². The number of hydrogen-bond donors (Lipinski definition) is 2. The van der Waals surface area contributed by atoms with Crippen molar-refractivity contribution in [3.05, 3.63) is 58.1 Å². The second-order valence-corrected chi connectivity index (χ2v) is 7.04. The van der Waals surface area contributed by atoms with Gasteiger partial charge in [0.25, 0.3) is 5.91 Å². The minimum atomic E-state index is -0.433. The Morgan fingerprint density at radius 3 is 2.76 bits per heavy atom. The van der Waals surface area contributed by atoms with Crippen molar-refractivity contribution in [1.82, 2.24) is 15.3 Å². The summed E-state index contributed by atoms with van der Waals surface area (Å²) < 4.78 is 5.55. The van der Waals surface area contributed by atoms with E-state index in [2.05, 4.69) is 25.5 Å². The second kappa shape index (κ2) is 8.30. The first-order valence-corrected chi connectivity index (χ1v) is 9.76. The molecule has 2 aromatic heterocycles. The molecule has 1 saturated heterocycles. The van der Waals surface area contributed by atoms with E-state index in [1.54, 1.807) is 24.3 Å². The zero-order valence-electron chi connectivity index (χ0n) is 16.3. The van der Waals surface area contributed by atoms with Gasteiger partial charge in [0, 0.05) is 44.0 Å². The molecule has 0 bridgehead atoms. The van der Waals surface area contributed by atoms with E-state index in [0.29, 0.717) is 30.0 Å². The van der Waals surface area contributed by atoms with Crippen molar-refractivity contribution in [2.75, 3.05) is 36.4 Å². The molecule has 0 unspecified atom stereocenters. The summed E-state index contributed by atoms with van der Waals surface area (Å²) in [5.41, 5.74) is 1.05. The molecule has 0 saturated carbocycles. The van der Waals surface area contributed by atoms with Gasteiger partial charge in [0.05, 0.1) is 5.39 Å². The van der Waals surface area contributed by atoms with Crippen LogP contribution in [0.2, 0.25) is 0 Å². The maximum Gasteiger partial charge on any atom is 0.287 e. The number of nitrogens with one attached hydrogen (secondary N) is 2. The van der Waals surface area contributed by atoms with Gasteiger partial charge >= 0.3 is 0 Å². The van der Waals surface area contributed by atoms with Crippen LogP contribution in [0.1, 0.15) is 29.1 Å². The Labute approximate surface area is 168 Å². The van der Waals surface area contributed by atoms with Crippen LogP contribution < -0.4 is 21.0 Å². The number of anilines is 2. The summed E-state index contributed by atoms with van der Waals surface area (Å²) in [4.78, 5) is 35.7. The fourth-order valence-electron chi connectivity index (χ4n) is 3.39. The first-order chi connectivity index (χ1) is 14.1. The number of carbonyl (C=O) groups is 1. The van der Waals surface area contributed by atoms with Gasteiger partial charge in [-0.1, -0.05) is 12.1 Å². The lowest BCUT2D eigenvalue weighted by Gasteiger charge is -2.17. The van der Waals surface area contributed by atoms with Crippen molar-refractivity contribution in [3.63, 3.8) is 0 Å². The Morgan fingerprint density at radius 2 is 1.93 bits per heavy atom. The molecule has 3 heterocycles. The lowest BCUT2D eigenvalue weighted by atomic mass is 10.2. The SMILES string of the molecule is Cc1cc(N2CCCC2)nc(NCCNC(=O)c2cc(=O)c3ccccc3o2)n1. The molecule has 1 aliphatic rings. The molecule has 29 heavy (non-hydrogen) atoms. The van der Waals surface area contributed by atoms with Crippen LogP contribution in [-0.2, 0) is 0 Å². The molecule has 1 aliphatic heterocycles. The molecule has 1 amide bonds. The number of nitrogens with zero attached hydrogens (tertiary/aromatic N) is 3. The third-order valence-electron chi connectivity index (χ3n) is 4.82. The van der Waals surface area contributed by atoms with E-state index < -0.39 is 5.91 Å². The van der Waals surface area contributed by atoms with E-state index in [4.69, 9.17) is 4.42 Å². The quantitative estimate of drug-likeness (QED) is 0.620. The van der Waals surface area contributed by atoms with Crippen LogP contribution in [0.25, 0.3) is 11.0 Å². The summed E-state index contributed by atoms with van der Waals surface area (Å²) in [5.74, 6) is 1.03. The van der Waals surface area contributed by atoms with Crippen molar-refractivity contribution >= 4 is 28.6 Å². The van der Waals surface area contributed by atoms with Crippen molar-refractivity contribution < 1.29 is 9.21 Å². The maximum absolute atomic E-state index is 12.3. The van der Waals surface area contributed by atoms with Gasteiger partial charge in [-0.2, -0.15) is 4.98 Å². The summed E-state index contributed by atoms with van der Waals surface area (Å²) in [6.45, 7) is 4.76. The Balaban J connectivity index is 1.35. The van der Waals surface area contributed by atoms with Gasteiger partial charge < -0.3 is 20.0 Å². The first kappa shape index (κ1) is 18.9. The van der Waals surface area contributed by atoms with E-state index in [0.717, 1.165) is 24.6 Å². The predicted molar refractivity (Wildman–Crippen MR) is 112 cm³/mol. The average Bonchev–Trinajstić information content (AvgIpc) is 3.26. The predicted octanol–water partition coefficient (Wildman–Crippen LogP) is 2.33. The molecule has 0 aliphatic carbocycles. The van der Waals surface area contributed by atoms with E-state index >= 15 is 0 Å². The fourth-order valence-corrected chi connectivity index (χ4v) is 3.39. The fraction of sp³-hybridized carbons (Fsp3) is 0.333. The Morgan fingerprint density at radius 1 is 1.14 bits per heavy atom. The van der Waals surface area contributed by atoms with Gasteiger partial charge in [0.2, 0.25) is 5.95 Å². The van der Waals surface area contributed by atoms with Gasteiger partial charge in [-0.05, 0) is 31.9 Å². The topological polar surface area (TPSA) is 100 Å². The Hall–Kier alpha value is -3.42. The van der Waals surface area contributed by atoms with Crippen LogP contribution in [0.5, 0.6) is 0 Å². The van der Waals surface area contributed by atoms with Gasteiger partial charge in [-0.3, -0.25) is 9.59 Å². The number of hydrogen-bond acceptors (Lipinski definition) is 7. The van der Waals surface area contributed by atoms with Crippen LogP contribution in [0, 0.1) is 6.92 Å². The van der Waals surface area contributed by atoms with Crippen molar-refractivity contribution in [1.29, 1.82) is 0 Å². The number of aryl methyl sites for hydroxylation is 1. The number of amides is 1. The Kier molecular flexibility index (Phi) is 5.41. The molecule has 3 aromatic rings. The minimum absolute atomic E-state index is 0.00294. The van der Waals surface area contributed by atoms with Crippen LogP contribution in [0.3, 0.4) is 0 Å². The number of aromatic nitrogens is 2. The number of fused-ring (bicyclic) bond motifs is 1. The lowest BCUT2D eigenvalue weighted by molar-refractivity contribution is 0.0928. The normalized spacial score (nSPS) is 13.6. The van der Waals surface area contributed by atoms with E-state index in [1.807, 2.05) is 13.0 Å². The molecule has 0 radical (unpaired) electrons. The third-order valence-corrected chi connectivity index (χ3v) is 4.82. The molecular formula is C21H23N5O3. The highest BCUT2D eigenvalue weighted by atomic mass is 16.3. The molecule has 8 heteroatoms. The van der Waals surface area contributed by atoms with Crippen LogP contribution in [0.15, 0.2) is 45.6 Å². The lowest BCUT2D eigenvalue weighted by Crippen LogP contribution is -2.30. The summed E-state index contributed by atoms with van der Waals surface area (Å²) in [6, 6.07) is 10.1. The van der Waals surface area contributed by atoms with E-state index in [-0.39, 0.29) is 11.2 Å². The minimum Gasteiger partial charge on any atom is -0.451 e. The Bertz CT molecular complexity index is 1090. The third kappa shape index (κ3) is 4.37. The average molecular weight is 393 g/mol. The number of para-hydroxylation sites is 1. The molecule has 4 rings (SSSR count). The molecular weight excluding hydrogens is 370 g/mol. The first-order valence-electron chi connectivity index (χ1n) is 9.76. The molecule has 1 aromatic carbocycles. The van der Waals surface area contributed by atoms with Crippen LogP contribution >= 0.6 is 0 Å². The van der Waals surface area contributed by atoms with Crippen LogP contribution in [-0.4, -0.2) is 42.1 Å². The smallest absolute Gasteiger partial charge is 0.287 e. The molecule has 1 fully saturated rings. The number of carbonyl (C=O) groups excluding carboxylic acids is 1. The summed E-state index contributed by atoms with van der Waals surface area (Å²) in [5, 5.41) is 6.34. The van der Waals surface area contributed by atoms with Crippen molar-refractivity contribution in [3.8, 4) is 0 Å². The van der Waals surface area contributed by atoms with Gasteiger partial charge in [-0.25, -0.2) is 4.98 Å². The summed E-state index contributed by atoms with van der Waals surface area (Å²) in [6.07, 6.45) is 2.37. The van der Waals surface area contributed by atoms with E-state index in [9.17, 15) is 9.59 Å². The van der Waals surface area contributed by atoms with Gasteiger partial charge in [0.1, 0.15) is 11.4 Å². The molecule has 0 atom stereocenters. The highest BCUT2D eigenvalue weighted by Gasteiger charge is 2.15. The summed E-state index contributed by atoms with van der Waals surface area (Å²) in [7, 11) is 0. The van der Waals surface area contributed by atoms with Gasteiger partial charge in [0.15, 0.2) is 11.2 Å². The number of benzene rings is 1. The second-order valence-electron chi connectivity index (χ2n) is 7.04. The zero-order valence-corrected chi connectivity index (χ0v) is 16.3. The summed E-state index contributed by atoms with van der Waals surface area (Å²) >= 11 is 0. The van der Waals surface area contributed by atoms with Gasteiger partial charge in [-0.15, -0.1) is 0 Å². The maximum atomic E-state index is 12.3. The largest absolute Gasteiger partial charge is 0.451 e. The standard InChI is InChI=1S/C21H23N5O3/c1-14-12-19(26-10-4-5-11-26)25-21(24-14)23-9-8-22-20(28)18-13-16(27)15-6-2-3-7-17(15)29-18/h2-3,6-7,12-13H,4-5,8-11H2,1H3,(H,22,28)(H,23,24,25). The monoisotopic (exact) mass is 393 g/mol. The molecule has 8 nitrogen and oxygen atoms in total.